The third-order valence-corrected chi connectivity index (χ3v) is 7.51. The number of fused-ring (bicyclic) bond motifs is 5. The molecule has 174 valence electrons. The van der Waals surface area contributed by atoms with Gasteiger partial charge in [0.1, 0.15) is 5.75 Å². The van der Waals surface area contributed by atoms with E-state index >= 15 is 0 Å². The fraction of sp³-hybridized carbons (Fsp3) is 0.125. The number of hydrogen-bond acceptors (Lipinski definition) is 3. The van der Waals surface area contributed by atoms with Crippen molar-refractivity contribution >= 4 is 33.1 Å². The first-order valence-corrected chi connectivity index (χ1v) is 12.4. The van der Waals surface area contributed by atoms with Gasteiger partial charge in [0.15, 0.2) is 0 Å². The zero-order chi connectivity index (χ0) is 24.1. The molecule has 4 nitrogen and oxygen atoms in total. The number of nitrogens with one attached hydrogen (secondary N) is 1. The van der Waals surface area contributed by atoms with Gasteiger partial charge < -0.3 is 9.72 Å². The summed E-state index contributed by atoms with van der Waals surface area (Å²) in [6.45, 7) is 0. The molecule has 2 aliphatic rings. The third kappa shape index (κ3) is 3.29. The Kier molecular flexibility index (Phi) is 4.84. The van der Waals surface area contributed by atoms with Crippen LogP contribution in [-0.4, -0.2) is 15.9 Å². The van der Waals surface area contributed by atoms with Gasteiger partial charge in [-0.15, -0.1) is 0 Å². The molecule has 0 aliphatic heterocycles. The van der Waals surface area contributed by atoms with Gasteiger partial charge in [0.25, 0.3) is 0 Å². The Balaban J connectivity index is 1.29. The summed E-state index contributed by atoms with van der Waals surface area (Å²) in [6.07, 6.45) is 12.4. The molecule has 4 aromatic carbocycles. The third-order valence-electron chi connectivity index (χ3n) is 7.51. The van der Waals surface area contributed by atoms with E-state index in [-0.39, 0.29) is 5.97 Å². The first kappa shape index (κ1) is 20.9. The Hall–Kier alpha value is -4.44. The quantitative estimate of drug-likeness (QED) is 0.218. The summed E-state index contributed by atoms with van der Waals surface area (Å²) >= 11 is 0. The molecule has 0 bridgehead atoms. The zero-order valence-corrected chi connectivity index (χ0v) is 19.8. The molecule has 0 atom stereocenters. The van der Waals surface area contributed by atoms with E-state index in [0.29, 0.717) is 11.3 Å². The Labute approximate surface area is 209 Å². The molecule has 7 rings (SSSR count). The lowest BCUT2D eigenvalue weighted by atomic mass is 9.79. The number of benzene rings is 4. The molecule has 0 unspecified atom stereocenters. The van der Waals surface area contributed by atoms with Crippen molar-refractivity contribution in [3.8, 4) is 17.0 Å². The first-order valence-electron chi connectivity index (χ1n) is 12.4. The number of ether oxygens (including phenoxy) is 1. The summed E-state index contributed by atoms with van der Waals surface area (Å²) in [5.74, 6) is 0.244. The molecule has 1 heterocycles. The van der Waals surface area contributed by atoms with Crippen LogP contribution in [0.1, 0.15) is 40.7 Å². The molecule has 0 saturated carbocycles. The minimum absolute atomic E-state index is 0.354. The molecular weight excluding hydrogens is 444 g/mol. The molecule has 2 aliphatic carbocycles. The van der Waals surface area contributed by atoms with Crippen molar-refractivity contribution in [3.05, 3.63) is 114 Å². The van der Waals surface area contributed by atoms with E-state index in [1.165, 1.54) is 22.1 Å². The van der Waals surface area contributed by atoms with Crippen molar-refractivity contribution in [2.75, 3.05) is 0 Å². The minimum atomic E-state index is -0.354. The lowest BCUT2D eigenvalue weighted by Crippen LogP contribution is -2.10. The number of allylic oxidation sites excluding steroid dienone is 4. The van der Waals surface area contributed by atoms with Gasteiger partial charge in [-0.25, -0.2) is 9.78 Å². The molecule has 1 N–H and O–H groups in total. The Morgan fingerprint density at radius 1 is 0.806 bits per heavy atom. The summed E-state index contributed by atoms with van der Waals surface area (Å²) in [5, 5.41) is 3.98. The maximum absolute atomic E-state index is 13.5. The van der Waals surface area contributed by atoms with Crippen molar-refractivity contribution in [1.82, 2.24) is 9.97 Å². The van der Waals surface area contributed by atoms with Crippen LogP contribution >= 0.6 is 0 Å². The second-order valence-corrected chi connectivity index (χ2v) is 9.46. The number of aromatic nitrogens is 2. The van der Waals surface area contributed by atoms with Gasteiger partial charge >= 0.3 is 5.97 Å². The van der Waals surface area contributed by atoms with Crippen LogP contribution in [0, 0.1) is 0 Å². The van der Waals surface area contributed by atoms with Gasteiger partial charge in [-0.3, -0.25) is 0 Å². The second-order valence-electron chi connectivity index (χ2n) is 9.46. The number of hydrogen-bond donors (Lipinski definition) is 1. The van der Waals surface area contributed by atoms with Gasteiger partial charge in [0.05, 0.1) is 23.8 Å². The van der Waals surface area contributed by atoms with Crippen LogP contribution in [0.4, 0.5) is 0 Å². The van der Waals surface area contributed by atoms with Crippen molar-refractivity contribution in [1.29, 1.82) is 0 Å². The topological polar surface area (TPSA) is 55.0 Å². The molecule has 1 aromatic heterocycles. The second kappa shape index (κ2) is 8.35. The Bertz CT molecular complexity index is 1720. The Morgan fingerprint density at radius 3 is 2.58 bits per heavy atom. The number of imidazole rings is 1. The number of aryl methyl sites for hydroxylation is 1. The predicted molar refractivity (Wildman–Crippen MR) is 144 cm³/mol. The number of nitrogens with zero attached hydrogens (tertiary/aromatic N) is 1. The number of aromatic amines is 1. The lowest BCUT2D eigenvalue weighted by Gasteiger charge is -2.25. The van der Waals surface area contributed by atoms with Gasteiger partial charge in [-0.05, 0) is 76.7 Å². The lowest BCUT2D eigenvalue weighted by molar-refractivity contribution is 0.0739. The molecule has 5 aromatic rings. The summed E-state index contributed by atoms with van der Waals surface area (Å²) in [7, 11) is 0. The fourth-order valence-corrected chi connectivity index (χ4v) is 5.81. The fourth-order valence-electron chi connectivity index (χ4n) is 5.81. The van der Waals surface area contributed by atoms with E-state index in [4.69, 9.17) is 4.74 Å². The maximum Gasteiger partial charge on any atom is 0.344 e. The summed E-state index contributed by atoms with van der Waals surface area (Å²) in [5.41, 5.74) is 8.09. The van der Waals surface area contributed by atoms with Gasteiger partial charge in [0.2, 0.25) is 0 Å². The normalized spacial score (nSPS) is 14.7. The van der Waals surface area contributed by atoms with E-state index in [1.54, 1.807) is 18.1 Å². The SMILES string of the molecule is O=C(Oc1cccc2c3c(ccc12)C1=C(CCC=C1)CC3)c1cccc2c(-c3cnc[nH]3)cccc12. The highest BCUT2D eigenvalue weighted by molar-refractivity contribution is 6.09. The average molecular weight is 469 g/mol. The highest BCUT2D eigenvalue weighted by atomic mass is 16.5. The van der Waals surface area contributed by atoms with Crippen LogP contribution in [-0.2, 0) is 6.42 Å². The molecule has 0 spiro atoms. The smallest absolute Gasteiger partial charge is 0.344 e. The minimum Gasteiger partial charge on any atom is -0.422 e. The van der Waals surface area contributed by atoms with E-state index in [0.717, 1.165) is 53.1 Å². The standard InChI is InChI=1S/C32H24N2O2/c35-32(29-12-4-8-22-24(29)9-3-11-27(22)30-18-33-19-34-30)36-31-13-5-10-23-26-15-14-20-6-1-2-7-21(20)25(26)16-17-28(23)31/h2-5,7-13,16-19H,1,6,14-15H2,(H,33,34). The summed E-state index contributed by atoms with van der Waals surface area (Å²) in [4.78, 5) is 20.8. The van der Waals surface area contributed by atoms with Crippen LogP contribution in [0.5, 0.6) is 5.75 Å². The van der Waals surface area contributed by atoms with E-state index in [2.05, 4.69) is 40.3 Å². The molecule has 0 amide bonds. The molecule has 0 saturated heterocycles. The first-order chi connectivity index (χ1) is 17.8. The molecule has 0 radical (unpaired) electrons. The average Bonchev–Trinajstić information content (AvgIpc) is 3.47. The van der Waals surface area contributed by atoms with Crippen molar-refractivity contribution in [3.63, 3.8) is 0 Å². The van der Waals surface area contributed by atoms with Crippen molar-refractivity contribution in [2.45, 2.75) is 25.7 Å². The van der Waals surface area contributed by atoms with Crippen LogP contribution in [0.15, 0.2) is 97.0 Å². The largest absolute Gasteiger partial charge is 0.422 e. The van der Waals surface area contributed by atoms with Gasteiger partial charge in [-0.2, -0.15) is 0 Å². The maximum atomic E-state index is 13.5. The monoisotopic (exact) mass is 468 g/mol. The molecule has 4 heteroatoms. The van der Waals surface area contributed by atoms with Crippen molar-refractivity contribution in [2.24, 2.45) is 0 Å². The molecule has 36 heavy (non-hydrogen) atoms. The number of carbonyl (C=O) groups excluding carboxylic acids is 1. The van der Waals surface area contributed by atoms with Crippen molar-refractivity contribution < 1.29 is 9.53 Å². The van der Waals surface area contributed by atoms with E-state index < -0.39 is 0 Å². The van der Waals surface area contributed by atoms with E-state index in [9.17, 15) is 4.79 Å². The van der Waals surface area contributed by atoms with E-state index in [1.807, 2.05) is 48.5 Å². The van der Waals surface area contributed by atoms with Crippen LogP contribution in [0.2, 0.25) is 0 Å². The summed E-state index contributed by atoms with van der Waals surface area (Å²) in [6, 6.07) is 22.1. The molecule has 0 fully saturated rings. The summed E-state index contributed by atoms with van der Waals surface area (Å²) < 4.78 is 6.06. The van der Waals surface area contributed by atoms with Crippen LogP contribution < -0.4 is 4.74 Å². The highest BCUT2D eigenvalue weighted by Gasteiger charge is 2.22. The highest BCUT2D eigenvalue weighted by Crippen LogP contribution is 2.41. The molecular formula is C32H24N2O2. The number of rotatable bonds is 3. The Morgan fingerprint density at radius 2 is 1.67 bits per heavy atom. The van der Waals surface area contributed by atoms with Crippen LogP contribution in [0.3, 0.4) is 0 Å². The number of esters is 1. The number of carbonyl (C=O) groups is 1. The van der Waals surface area contributed by atoms with Crippen LogP contribution in [0.25, 0.3) is 38.4 Å². The number of H-pyrrole nitrogens is 1. The predicted octanol–water partition coefficient (Wildman–Crippen LogP) is 7.65. The zero-order valence-electron chi connectivity index (χ0n) is 19.8. The van der Waals surface area contributed by atoms with Gasteiger partial charge in [0, 0.05) is 10.9 Å². The van der Waals surface area contributed by atoms with Gasteiger partial charge in [-0.1, -0.05) is 66.3 Å².